The molecule has 0 radical (unpaired) electrons. The van der Waals surface area contributed by atoms with Crippen LogP contribution in [0.3, 0.4) is 0 Å². The van der Waals surface area contributed by atoms with Gasteiger partial charge in [-0.2, -0.15) is 0 Å². The van der Waals surface area contributed by atoms with Crippen molar-refractivity contribution in [2.24, 2.45) is 11.5 Å². The number of thiophene rings is 2. The van der Waals surface area contributed by atoms with E-state index in [2.05, 4.69) is 56.7 Å². The number of nitrogens with two attached hydrogens (primary N) is 4. The molecule has 4 heterocycles. The molecule has 4 aromatic heterocycles. The lowest BCUT2D eigenvalue weighted by atomic mass is 10.2. The highest BCUT2D eigenvalue weighted by Crippen LogP contribution is 2.32. The predicted molar refractivity (Wildman–Crippen MR) is 145 cm³/mol. The number of rotatable bonds is 2. The minimum absolute atomic E-state index is 0.387. The largest absolute Gasteiger partial charge is 0.383 e. The first kappa shape index (κ1) is 25.9. The minimum Gasteiger partial charge on any atom is -0.383 e. The number of primary amides is 2. The van der Waals surface area contributed by atoms with E-state index in [0.29, 0.717) is 22.8 Å². The number of aromatic nitrogens is 2. The number of nitrogen functional groups attached to an aromatic ring is 2. The highest BCUT2D eigenvalue weighted by Gasteiger charge is 2.13. The normalized spacial score (nSPS) is 9.52. The molecular weight excluding hydrogens is 571 g/mol. The van der Waals surface area contributed by atoms with Gasteiger partial charge in [-0.05, 0) is 48.6 Å². The smallest absolute Gasteiger partial charge is 0.251 e. The molecule has 0 unspecified atom stereocenters. The Kier molecular flexibility index (Phi) is 8.99. The standard InChI is InChI=1S/C11H9N3OS.C8H6IN3OS.C3H4/c1-2-3-6-4-7-9(16-6)8(11(13)15)5-14-10(7)12;9-5-1-3-6(14-5)4(8(11)13)2-12-7(3)10;1-3-2/h4-5H,1H3,(H2,12,14)(H2,13,15);1-2H,(H2,10,12)(H2,11,13);1H,2H3. The van der Waals surface area contributed by atoms with Crippen LogP contribution in [0.15, 0.2) is 24.5 Å². The van der Waals surface area contributed by atoms with Crippen molar-refractivity contribution in [1.29, 1.82) is 0 Å². The van der Waals surface area contributed by atoms with Gasteiger partial charge in [-0.3, -0.25) is 9.59 Å². The topological polar surface area (TPSA) is 164 Å². The molecule has 0 aliphatic carbocycles. The second-order valence-electron chi connectivity index (χ2n) is 6.15. The molecule has 8 N–H and O–H groups in total. The fourth-order valence-corrected chi connectivity index (χ4v) is 5.56. The molecule has 0 aromatic carbocycles. The van der Waals surface area contributed by atoms with E-state index < -0.39 is 11.8 Å². The Morgan fingerprint density at radius 2 is 1.39 bits per heavy atom. The highest BCUT2D eigenvalue weighted by atomic mass is 127. The quantitative estimate of drug-likeness (QED) is 0.206. The zero-order chi connectivity index (χ0) is 24.7. The first-order chi connectivity index (χ1) is 15.6. The second-order valence-corrected chi connectivity index (χ2v) is 10.2. The Hall–Kier alpha value is -3.39. The molecule has 8 nitrogen and oxygen atoms in total. The summed E-state index contributed by atoms with van der Waals surface area (Å²) >= 11 is 5.06. The van der Waals surface area contributed by atoms with E-state index in [4.69, 9.17) is 22.9 Å². The van der Waals surface area contributed by atoms with Crippen LogP contribution in [0.2, 0.25) is 0 Å². The summed E-state index contributed by atoms with van der Waals surface area (Å²) in [5, 5.41) is 1.54. The molecule has 33 heavy (non-hydrogen) atoms. The van der Waals surface area contributed by atoms with Crippen molar-refractivity contribution in [3.63, 3.8) is 0 Å². The minimum atomic E-state index is -0.504. The lowest BCUT2D eigenvalue weighted by molar-refractivity contribution is 0.0993. The molecule has 0 aliphatic heterocycles. The van der Waals surface area contributed by atoms with Gasteiger partial charge < -0.3 is 22.9 Å². The molecule has 168 valence electrons. The van der Waals surface area contributed by atoms with Crippen molar-refractivity contribution in [2.45, 2.75) is 13.8 Å². The van der Waals surface area contributed by atoms with Crippen LogP contribution in [-0.2, 0) is 0 Å². The van der Waals surface area contributed by atoms with Gasteiger partial charge in [0.1, 0.15) is 11.6 Å². The Morgan fingerprint density at radius 3 is 1.85 bits per heavy atom. The van der Waals surface area contributed by atoms with Gasteiger partial charge in [0.25, 0.3) is 11.8 Å². The SMILES string of the molecule is C#CC.CC#Cc1cc2c(N)ncc(C(N)=O)c2s1.NC(=O)c1cnc(N)c2cc(I)sc12. The van der Waals surface area contributed by atoms with Crippen molar-refractivity contribution in [2.75, 3.05) is 11.5 Å². The molecule has 4 aromatic rings. The van der Waals surface area contributed by atoms with Crippen molar-refractivity contribution < 1.29 is 9.59 Å². The maximum atomic E-state index is 11.2. The summed E-state index contributed by atoms with van der Waals surface area (Å²) < 4.78 is 2.62. The van der Waals surface area contributed by atoms with E-state index in [1.165, 1.54) is 35.1 Å². The number of carbonyl (C=O) groups excluding carboxylic acids is 2. The zero-order valence-electron chi connectivity index (χ0n) is 17.6. The number of terminal acetylenes is 1. The maximum Gasteiger partial charge on any atom is 0.251 e. The van der Waals surface area contributed by atoms with Gasteiger partial charge in [-0.15, -0.1) is 40.9 Å². The van der Waals surface area contributed by atoms with Gasteiger partial charge in [0.2, 0.25) is 0 Å². The molecule has 0 saturated heterocycles. The molecule has 0 spiro atoms. The number of hydrogen-bond donors (Lipinski definition) is 4. The molecule has 2 amide bonds. The second kappa shape index (κ2) is 11.5. The number of carbonyl (C=O) groups is 2. The summed E-state index contributed by atoms with van der Waals surface area (Å²) in [4.78, 5) is 31.0. The van der Waals surface area contributed by atoms with Crippen LogP contribution in [0.25, 0.3) is 20.2 Å². The lowest BCUT2D eigenvalue weighted by Crippen LogP contribution is -2.11. The maximum absolute atomic E-state index is 11.2. The monoisotopic (exact) mass is 590 g/mol. The van der Waals surface area contributed by atoms with Crippen LogP contribution >= 0.6 is 45.3 Å². The van der Waals surface area contributed by atoms with Gasteiger partial charge in [0, 0.05) is 23.2 Å². The zero-order valence-corrected chi connectivity index (χ0v) is 21.4. The Balaban J connectivity index is 0.000000210. The average Bonchev–Trinajstić information content (AvgIpc) is 3.34. The molecule has 4 rings (SSSR count). The van der Waals surface area contributed by atoms with Gasteiger partial charge in [0.05, 0.1) is 28.3 Å². The Morgan fingerprint density at radius 1 is 0.939 bits per heavy atom. The molecule has 0 bridgehead atoms. The third kappa shape index (κ3) is 6.10. The van der Waals surface area contributed by atoms with Gasteiger partial charge >= 0.3 is 0 Å². The number of fused-ring (bicyclic) bond motifs is 2. The van der Waals surface area contributed by atoms with E-state index in [1.54, 1.807) is 13.8 Å². The van der Waals surface area contributed by atoms with Gasteiger partial charge in [0.15, 0.2) is 0 Å². The lowest BCUT2D eigenvalue weighted by Gasteiger charge is -1.98. The average molecular weight is 590 g/mol. The summed E-state index contributed by atoms with van der Waals surface area (Å²) in [6.07, 6.45) is 7.42. The van der Waals surface area contributed by atoms with Crippen molar-refractivity contribution in [1.82, 2.24) is 9.97 Å². The van der Waals surface area contributed by atoms with Crippen LogP contribution < -0.4 is 22.9 Å². The summed E-state index contributed by atoms with van der Waals surface area (Å²) in [6.45, 7) is 3.40. The fourth-order valence-electron chi connectivity index (χ4n) is 2.59. The van der Waals surface area contributed by atoms with Gasteiger partial charge in [-0.1, -0.05) is 5.92 Å². The number of anilines is 2. The molecular formula is C22H19IN6O2S2. The molecule has 0 aliphatic rings. The summed E-state index contributed by atoms with van der Waals surface area (Å²) in [7, 11) is 0. The fraction of sp³-hybridized carbons (Fsp3) is 0.0909. The van der Waals surface area contributed by atoms with Crippen LogP contribution in [0.1, 0.15) is 39.4 Å². The van der Waals surface area contributed by atoms with E-state index >= 15 is 0 Å². The van der Waals surface area contributed by atoms with Crippen molar-refractivity contribution in [3.05, 3.63) is 43.4 Å². The molecule has 0 atom stereocenters. The van der Waals surface area contributed by atoms with Crippen LogP contribution in [-0.4, -0.2) is 21.8 Å². The van der Waals surface area contributed by atoms with Gasteiger partial charge in [-0.25, -0.2) is 9.97 Å². The van der Waals surface area contributed by atoms with E-state index in [0.717, 1.165) is 27.9 Å². The summed E-state index contributed by atoms with van der Waals surface area (Å²) in [6, 6.07) is 3.72. The number of hydrogen-bond acceptors (Lipinski definition) is 8. The van der Waals surface area contributed by atoms with Crippen molar-refractivity contribution >= 4 is 88.9 Å². The number of nitrogens with zero attached hydrogens (tertiary/aromatic N) is 2. The Bertz CT molecular complexity index is 1460. The predicted octanol–water partition coefficient (Wildman–Crippen LogP) is 3.57. The molecule has 0 fully saturated rings. The van der Waals surface area contributed by atoms with Crippen LogP contribution in [0.4, 0.5) is 11.6 Å². The first-order valence-corrected chi connectivity index (χ1v) is 11.8. The van der Waals surface area contributed by atoms with Crippen LogP contribution in [0.5, 0.6) is 0 Å². The number of amides is 2. The van der Waals surface area contributed by atoms with E-state index in [-0.39, 0.29) is 0 Å². The summed E-state index contributed by atoms with van der Waals surface area (Å²) in [5.74, 6) is 7.82. The van der Waals surface area contributed by atoms with E-state index in [9.17, 15) is 9.59 Å². The number of pyridine rings is 2. The molecule has 11 heteroatoms. The third-order valence-corrected chi connectivity index (χ3v) is 6.93. The number of halogens is 1. The van der Waals surface area contributed by atoms with Crippen LogP contribution in [0, 0.1) is 27.1 Å². The highest BCUT2D eigenvalue weighted by molar-refractivity contribution is 14.1. The van der Waals surface area contributed by atoms with Crippen molar-refractivity contribution in [3.8, 4) is 24.2 Å². The van der Waals surface area contributed by atoms with E-state index in [1.807, 2.05) is 12.1 Å². The Labute approximate surface area is 211 Å². The molecule has 0 saturated carbocycles. The third-order valence-electron chi connectivity index (χ3n) is 3.92. The first-order valence-electron chi connectivity index (χ1n) is 9.05. The summed E-state index contributed by atoms with van der Waals surface area (Å²) in [5.41, 5.74) is 22.7.